The minimum absolute atomic E-state index is 0.0617. The van der Waals surface area contributed by atoms with Crippen LogP contribution in [0.5, 0.6) is 5.75 Å². The Morgan fingerprint density at radius 3 is 2.46 bits per heavy atom. The van der Waals surface area contributed by atoms with Gasteiger partial charge < -0.3 is 14.9 Å². The molecular formula is C27H26FN3O5S. The average Bonchev–Trinajstić information content (AvgIpc) is 3.60. The Kier molecular flexibility index (Phi) is 5.31. The lowest BCUT2D eigenvalue weighted by Crippen LogP contribution is -2.48. The van der Waals surface area contributed by atoms with E-state index in [4.69, 9.17) is 0 Å². The average molecular weight is 524 g/mol. The first-order valence-electron chi connectivity index (χ1n) is 12.3. The van der Waals surface area contributed by atoms with Crippen molar-refractivity contribution in [3.63, 3.8) is 0 Å². The van der Waals surface area contributed by atoms with E-state index in [-0.39, 0.29) is 65.6 Å². The van der Waals surface area contributed by atoms with Crippen molar-refractivity contribution in [1.82, 2.24) is 14.8 Å². The lowest BCUT2D eigenvalue weighted by molar-refractivity contribution is -0.133. The Bertz CT molecular complexity index is 1570. The lowest BCUT2D eigenvalue weighted by atomic mass is 9.84. The number of hydrogen-bond acceptors (Lipinski definition) is 6. The van der Waals surface area contributed by atoms with Gasteiger partial charge in [0.05, 0.1) is 22.5 Å². The van der Waals surface area contributed by atoms with E-state index >= 15 is 0 Å². The van der Waals surface area contributed by atoms with Crippen LogP contribution in [-0.4, -0.2) is 71.8 Å². The summed E-state index contributed by atoms with van der Waals surface area (Å²) in [7, 11) is -1.50. The van der Waals surface area contributed by atoms with E-state index in [0.29, 0.717) is 35.8 Å². The van der Waals surface area contributed by atoms with Gasteiger partial charge >= 0.3 is 0 Å². The summed E-state index contributed by atoms with van der Waals surface area (Å²) < 4.78 is 37.3. The summed E-state index contributed by atoms with van der Waals surface area (Å²) in [6.07, 6.45) is 3.24. The number of benzene rings is 2. The highest BCUT2D eigenvalue weighted by molar-refractivity contribution is 7.91. The zero-order chi connectivity index (χ0) is 26.1. The Hall–Kier alpha value is -3.53. The molecule has 1 aromatic heterocycles. The molecule has 0 radical (unpaired) electrons. The minimum atomic E-state index is -3.15. The molecule has 10 heteroatoms. The first-order valence-corrected chi connectivity index (χ1v) is 14.1. The van der Waals surface area contributed by atoms with Gasteiger partial charge in [0.25, 0.3) is 5.91 Å². The molecule has 0 atom stereocenters. The highest BCUT2D eigenvalue weighted by atomic mass is 32.2. The van der Waals surface area contributed by atoms with Crippen molar-refractivity contribution in [2.75, 3.05) is 31.6 Å². The summed E-state index contributed by atoms with van der Waals surface area (Å²) >= 11 is 0. The van der Waals surface area contributed by atoms with Gasteiger partial charge in [-0.15, -0.1) is 0 Å². The lowest BCUT2D eigenvalue weighted by Gasteiger charge is -2.32. The van der Waals surface area contributed by atoms with E-state index in [1.165, 1.54) is 17.0 Å². The maximum Gasteiger partial charge on any atom is 0.258 e. The molecule has 192 valence electrons. The van der Waals surface area contributed by atoms with Crippen molar-refractivity contribution in [1.29, 1.82) is 0 Å². The molecule has 1 aliphatic carbocycles. The highest BCUT2D eigenvalue weighted by Gasteiger charge is 2.56. The largest absolute Gasteiger partial charge is 0.505 e. The molecule has 0 unspecified atom stereocenters. The van der Waals surface area contributed by atoms with E-state index in [1.807, 2.05) is 6.07 Å². The van der Waals surface area contributed by atoms with Crippen molar-refractivity contribution in [2.24, 2.45) is 0 Å². The van der Waals surface area contributed by atoms with Gasteiger partial charge in [0.2, 0.25) is 5.91 Å². The van der Waals surface area contributed by atoms with E-state index < -0.39 is 15.3 Å². The third-order valence-corrected chi connectivity index (χ3v) is 9.43. The fraction of sp³-hybridized carbons (Fsp3) is 0.370. The number of aromatic hydroxyl groups is 1. The molecule has 3 aliphatic rings. The Morgan fingerprint density at radius 2 is 1.81 bits per heavy atom. The molecule has 6 rings (SSSR count). The van der Waals surface area contributed by atoms with Crippen LogP contribution in [0.2, 0.25) is 0 Å². The minimum Gasteiger partial charge on any atom is -0.505 e. The number of aromatic nitrogens is 1. The number of halogens is 1. The van der Waals surface area contributed by atoms with Gasteiger partial charge in [-0.05, 0) is 59.7 Å². The molecule has 0 spiro atoms. The van der Waals surface area contributed by atoms with Crippen molar-refractivity contribution >= 4 is 32.6 Å². The van der Waals surface area contributed by atoms with E-state index in [1.54, 1.807) is 30.3 Å². The number of phenols is 1. The number of nitrogens with zero attached hydrogens (tertiary/aromatic N) is 3. The van der Waals surface area contributed by atoms with Crippen LogP contribution in [0.15, 0.2) is 36.5 Å². The van der Waals surface area contributed by atoms with Crippen molar-refractivity contribution in [3.05, 3.63) is 70.2 Å². The Balaban J connectivity index is 1.50. The first-order chi connectivity index (χ1) is 17.6. The third kappa shape index (κ3) is 3.85. The number of fused-ring (bicyclic) bond motifs is 2. The summed E-state index contributed by atoms with van der Waals surface area (Å²) in [6, 6.07) is 8.09. The summed E-state index contributed by atoms with van der Waals surface area (Å²) in [5, 5.41) is 11.7. The van der Waals surface area contributed by atoms with Crippen molar-refractivity contribution in [2.45, 2.75) is 31.2 Å². The topological polar surface area (TPSA) is 108 Å². The zero-order valence-corrected chi connectivity index (χ0v) is 21.1. The molecule has 0 bridgehead atoms. The van der Waals surface area contributed by atoms with Crippen molar-refractivity contribution in [3.8, 4) is 5.75 Å². The van der Waals surface area contributed by atoms with Crippen LogP contribution in [0.3, 0.4) is 0 Å². The van der Waals surface area contributed by atoms with Crippen LogP contribution in [0.25, 0.3) is 10.9 Å². The first kappa shape index (κ1) is 23.8. The second-order valence-electron chi connectivity index (χ2n) is 10.3. The van der Waals surface area contributed by atoms with Gasteiger partial charge in [0, 0.05) is 38.3 Å². The predicted molar refractivity (Wildman–Crippen MR) is 135 cm³/mol. The molecule has 8 nitrogen and oxygen atoms in total. The fourth-order valence-electron chi connectivity index (χ4n) is 5.72. The second-order valence-corrected chi connectivity index (χ2v) is 12.6. The van der Waals surface area contributed by atoms with Crippen LogP contribution in [0.1, 0.15) is 45.5 Å². The maximum atomic E-state index is 13.9. The molecule has 1 N–H and O–H groups in total. The van der Waals surface area contributed by atoms with Crippen LogP contribution < -0.4 is 0 Å². The molecule has 2 aliphatic heterocycles. The standard InChI is InChI=1S/C27H26FN3O5S/c1-30-15-20-21(25(30)33)24(32)23-19(13-17(14-29-23)12-16-2-4-18(28)5-3-16)22(20)27(6-7-27)26(34)31-8-10-37(35,36)11-9-31/h2-5,13-14,32H,6-12,15H2,1H3. The van der Waals surface area contributed by atoms with Crippen LogP contribution in [0, 0.1) is 5.82 Å². The van der Waals surface area contributed by atoms with Gasteiger partial charge in [-0.1, -0.05) is 12.1 Å². The number of pyridine rings is 1. The van der Waals surface area contributed by atoms with E-state index in [0.717, 1.165) is 11.1 Å². The van der Waals surface area contributed by atoms with E-state index in [2.05, 4.69) is 4.98 Å². The molecule has 2 amide bonds. The Labute approximate surface area is 213 Å². The zero-order valence-electron chi connectivity index (χ0n) is 20.3. The number of rotatable bonds is 4. The molecule has 2 fully saturated rings. The van der Waals surface area contributed by atoms with Gasteiger partial charge in [0.15, 0.2) is 15.6 Å². The normalized spacial score (nSPS) is 19.8. The third-order valence-electron chi connectivity index (χ3n) is 7.83. The second kappa shape index (κ2) is 8.24. The van der Waals surface area contributed by atoms with Crippen LogP contribution in [-0.2, 0) is 33.0 Å². The maximum absolute atomic E-state index is 13.9. The van der Waals surface area contributed by atoms with Gasteiger partial charge in [-0.3, -0.25) is 14.6 Å². The molecule has 2 aromatic carbocycles. The highest BCUT2D eigenvalue weighted by Crippen LogP contribution is 2.56. The summed E-state index contributed by atoms with van der Waals surface area (Å²) in [6.45, 7) is 0.556. The predicted octanol–water partition coefficient (Wildman–Crippen LogP) is 2.54. The van der Waals surface area contributed by atoms with E-state index in [9.17, 15) is 27.5 Å². The summed E-state index contributed by atoms with van der Waals surface area (Å²) in [4.78, 5) is 34.6. The molecule has 37 heavy (non-hydrogen) atoms. The van der Waals surface area contributed by atoms with Gasteiger partial charge in [-0.2, -0.15) is 0 Å². The fourth-order valence-corrected chi connectivity index (χ4v) is 6.92. The van der Waals surface area contributed by atoms with Crippen LogP contribution in [0.4, 0.5) is 4.39 Å². The summed E-state index contributed by atoms with van der Waals surface area (Å²) in [5.74, 6) is -1.09. The number of carbonyl (C=O) groups is 2. The number of carbonyl (C=O) groups excluding carboxylic acids is 2. The molecule has 3 heterocycles. The summed E-state index contributed by atoms with van der Waals surface area (Å²) in [5.41, 5.74) is 2.61. The number of phenolic OH excluding ortho intramolecular Hbond substituents is 1. The van der Waals surface area contributed by atoms with Crippen molar-refractivity contribution < 1.29 is 27.5 Å². The monoisotopic (exact) mass is 523 g/mol. The number of sulfone groups is 1. The Morgan fingerprint density at radius 1 is 1.14 bits per heavy atom. The molecule has 1 saturated carbocycles. The molecular weight excluding hydrogens is 497 g/mol. The number of hydrogen-bond donors (Lipinski definition) is 1. The smallest absolute Gasteiger partial charge is 0.258 e. The van der Waals surface area contributed by atoms with Crippen LogP contribution >= 0.6 is 0 Å². The quantitative estimate of drug-likeness (QED) is 0.563. The molecule has 3 aromatic rings. The molecule has 1 saturated heterocycles. The SMILES string of the molecule is CN1Cc2c(c(O)c3ncc(Cc4ccc(F)cc4)cc3c2C2(C(=O)N3CCS(=O)(=O)CC3)CC2)C1=O. The van der Waals surface area contributed by atoms with Gasteiger partial charge in [0.1, 0.15) is 11.3 Å². The number of amides is 2. The van der Waals surface area contributed by atoms with Gasteiger partial charge in [-0.25, -0.2) is 12.8 Å².